The van der Waals surface area contributed by atoms with Crippen molar-refractivity contribution in [3.63, 3.8) is 0 Å². The van der Waals surface area contributed by atoms with Gasteiger partial charge in [-0.25, -0.2) is 0 Å². The van der Waals surface area contributed by atoms with Crippen molar-refractivity contribution in [1.29, 1.82) is 0 Å². The molecule has 0 rings (SSSR count). The Kier molecular flexibility index (Phi) is 9.13. The van der Waals surface area contributed by atoms with Crippen LogP contribution in [0, 0.1) is 0 Å². The Morgan fingerprint density at radius 3 is 1.90 bits per heavy atom. The minimum Gasteiger partial charge on any atom is -0.437 e. The third kappa shape index (κ3) is 10.8. The molecule has 8 heteroatoms. The molecule has 1 unspecified atom stereocenters. The van der Waals surface area contributed by atoms with Gasteiger partial charge in [0.05, 0.1) is 8.80 Å². The zero-order valence-corrected chi connectivity index (χ0v) is 19.6. The zero-order chi connectivity index (χ0) is 16.0. The lowest BCUT2D eigenvalue weighted by atomic mass is 10.6. The summed E-state index contributed by atoms with van der Waals surface area (Å²) in [6.07, 6.45) is 1.96. The van der Waals surface area contributed by atoms with Gasteiger partial charge in [0.25, 0.3) is 0 Å². The van der Waals surface area contributed by atoms with Crippen LogP contribution >= 0.6 is 12.6 Å². The van der Waals surface area contributed by atoms with Gasteiger partial charge in [-0.15, -0.1) is 0 Å². The lowest BCUT2D eigenvalue weighted by molar-refractivity contribution is 0.260. The molecule has 0 radical (unpaired) electrons. The second-order valence-electron chi connectivity index (χ2n) is 7.38. The third-order valence-corrected chi connectivity index (χ3v) is 14.0. The van der Waals surface area contributed by atoms with Gasteiger partial charge in [0.1, 0.15) is 0 Å². The maximum Gasteiger partial charge on any atom is 0.322 e. The molecule has 0 saturated heterocycles. The van der Waals surface area contributed by atoms with Gasteiger partial charge in [-0.3, -0.25) is 0 Å². The van der Waals surface area contributed by atoms with E-state index < -0.39 is 34.2 Å². The summed E-state index contributed by atoms with van der Waals surface area (Å²) in [6, 6.07) is 1.01. The van der Waals surface area contributed by atoms with Crippen LogP contribution in [0.3, 0.4) is 0 Å². The molecule has 0 aromatic rings. The summed E-state index contributed by atoms with van der Waals surface area (Å²) >= 11 is 4.33. The summed E-state index contributed by atoms with van der Waals surface area (Å²) in [5, 5.41) is 0. The summed E-state index contributed by atoms with van der Waals surface area (Å²) in [5.74, 6) is 0.892. The fourth-order valence-electron chi connectivity index (χ4n) is 2.09. The Morgan fingerprint density at radius 1 is 0.950 bits per heavy atom. The number of rotatable bonds is 10. The molecule has 0 heterocycles. The SMILES string of the molecule is C[SiH](C)CO[Si](C)(C)O[Si](C)(CCCS)O[Si](C)(C)C. The van der Waals surface area contributed by atoms with Crippen LogP contribution in [-0.2, 0) is 12.7 Å². The summed E-state index contributed by atoms with van der Waals surface area (Å²) in [6.45, 7) is 17.8. The van der Waals surface area contributed by atoms with Crippen molar-refractivity contribution in [2.75, 3.05) is 12.0 Å². The maximum absolute atomic E-state index is 6.51. The highest BCUT2D eigenvalue weighted by atomic mass is 32.1. The smallest absolute Gasteiger partial charge is 0.322 e. The first kappa shape index (κ1) is 21.1. The van der Waals surface area contributed by atoms with Crippen LogP contribution in [0.4, 0.5) is 0 Å². The quantitative estimate of drug-likeness (QED) is 0.465. The van der Waals surface area contributed by atoms with Gasteiger partial charge in [0.15, 0.2) is 8.32 Å². The molecule has 0 aromatic carbocycles. The molecule has 3 nitrogen and oxygen atoms in total. The van der Waals surface area contributed by atoms with Crippen molar-refractivity contribution >= 4 is 46.9 Å². The summed E-state index contributed by atoms with van der Waals surface area (Å²) in [5.41, 5.74) is 0. The molecule has 0 bridgehead atoms. The molecule has 0 fully saturated rings. The second-order valence-corrected chi connectivity index (χ2v) is 22.7. The predicted molar refractivity (Wildman–Crippen MR) is 103 cm³/mol. The van der Waals surface area contributed by atoms with Gasteiger partial charge in [-0.05, 0) is 57.5 Å². The second kappa shape index (κ2) is 8.66. The molecule has 0 saturated carbocycles. The minimum atomic E-state index is -2.15. The fourth-order valence-corrected chi connectivity index (χ4v) is 17.2. The Balaban J connectivity index is 4.77. The summed E-state index contributed by atoms with van der Waals surface area (Å²) in [4.78, 5) is 0. The molecule has 0 amide bonds. The number of hydrogen-bond acceptors (Lipinski definition) is 4. The van der Waals surface area contributed by atoms with E-state index in [0.717, 1.165) is 24.4 Å². The molecule has 122 valence electrons. The van der Waals surface area contributed by atoms with Crippen molar-refractivity contribution in [2.45, 2.75) is 64.8 Å². The molecule has 20 heavy (non-hydrogen) atoms. The Bertz CT molecular complexity index is 284. The van der Waals surface area contributed by atoms with Gasteiger partial charge >= 0.3 is 17.1 Å². The van der Waals surface area contributed by atoms with E-state index in [1.165, 1.54) is 0 Å². The van der Waals surface area contributed by atoms with Crippen LogP contribution < -0.4 is 0 Å². The van der Waals surface area contributed by atoms with Gasteiger partial charge in [-0.2, -0.15) is 12.6 Å². The monoisotopic (exact) mass is 370 g/mol. The van der Waals surface area contributed by atoms with Crippen molar-refractivity contribution in [3.8, 4) is 0 Å². The molecular formula is C12H34O3SSi4. The first-order chi connectivity index (χ1) is 8.89. The fraction of sp³-hybridized carbons (Fsp3) is 1.00. The highest BCUT2D eigenvalue weighted by molar-refractivity contribution is 7.80. The van der Waals surface area contributed by atoms with Crippen molar-refractivity contribution < 1.29 is 12.7 Å². The largest absolute Gasteiger partial charge is 0.437 e. The molecule has 0 N–H and O–H groups in total. The highest BCUT2D eigenvalue weighted by Crippen LogP contribution is 2.26. The molecule has 0 aromatic heterocycles. The predicted octanol–water partition coefficient (Wildman–Crippen LogP) is 3.99. The normalized spacial score (nSPS) is 16.5. The van der Waals surface area contributed by atoms with Crippen molar-refractivity contribution in [2.24, 2.45) is 0 Å². The first-order valence-electron chi connectivity index (χ1n) is 7.54. The minimum absolute atomic E-state index is 0.699. The van der Waals surface area contributed by atoms with Crippen LogP contribution in [0.15, 0.2) is 0 Å². The third-order valence-electron chi connectivity index (χ3n) is 2.54. The van der Waals surface area contributed by atoms with Crippen molar-refractivity contribution in [3.05, 3.63) is 0 Å². The maximum atomic E-state index is 6.51. The summed E-state index contributed by atoms with van der Waals surface area (Å²) < 4.78 is 19.1. The first-order valence-corrected chi connectivity index (χ1v) is 20.0. The van der Waals surface area contributed by atoms with E-state index in [4.69, 9.17) is 12.7 Å². The van der Waals surface area contributed by atoms with E-state index in [9.17, 15) is 0 Å². The highest BCUT2D eigenvalue weighted by Gasteiger charge is 2.42. The Hall–Kier alpha value is 1.10. The molecule has 0 aliphatic carbocycles. The van der Waals surface area contributed by atoms with Crippen LogP contribution in [0.25, 0.3) is 0 Å². The van der Waals surface area contributed by atoms with Crippen LogP contribution in [0.5, 0.6) is 0 Å². The zero-order valence-electron chi connectivity index (χ0n) is 14.6. The Labute approximate surface area is 136 Å². The van der Waals surface area contributed by atoms with Gasteiger partial charge < -0.3 is 12.7 Å². The standard InChI is InChI=1S/C12H34O3SSi4/c1-17(2)12-13-19(6,7)15-20(8,11-9-10-16)14-18(3,4)5/h16-17H,9-12H2,1-8H3. The summed E-state index contributed by atoms with van der Waals surface area (Å²) in [7, 11) is -6.53. The van der Waals surface area contributed by atoms with Gasteiger partial charge in [0.2, 0.25) is 0 Å². The Morgan fingerprint density at radius 2 is 1.50 bits per heavy atom. The lowest BCUT2D eigenvalue weighted by Gasteiger charge is -2.39. The molecule has 0 spiro atoms. The van der Waals surface area contributed by atoms with E-state index in [0.29, 0.717) is 0 Å². The molecule has 0 aliphatic heterocycles. The average molecular weight is 371 g/mol. The number of hydrogen-bond donors (Lipinski definition) is 1. The van der Waals surface area contributed by atoms with E-state index in [2.05, 4.69) is 65.0 Å². The average Bonchev–Trinajstić information content (AvgIpc) is 2.20. The molecule has 1 atom stereocenters. The number of thiol groups is 1. The topological polar surface area (TPSA) is 27.7 Å². The van der Waals surface area contributed by atoms with Gasteiger partial charge in [0, 0.05) is 6.23 Å². The van der Waals surface area contributed by atoms with E-state index >= 15 is 0 Å². The van der Waals surface area contributed by atoms with Gasteiger partial charge in [-0.1, -0.05) is 13.1 Å². The molecular weight excluding hydrogens is 337 g/mol. The van der Waals surface area contributed by atoms with Crippen LogP contribution in [0.2, 0.25) is 58.4 Å². The lowest BCUT2D eigenvalue weighted by Crippen LogP contribution is -2.55. The van der Waals surface area contributed by atoms with Crippen LogP contribution in [0.1, 0.15) is 6.42 Å². The van der Waals surface area contributed by atoms with Crippen molar-refractivity contribution in [1.82, 2.24) is 0 Å². The van der Waals surface area contributed by atoms with E-state index in [-0.39, 0.29) is 0 Å². The van der Waals surface area contributed by atoms with E-state index in [1.54, 1.807) is 0 Å². The van der Waals surface area contributed by atoms with Crippen LogP contribution in [-0.4, -0.2) is 46.2 Å². The molecule has 0 aliphatic rings. The van der Waals surface area contributed by atoms with E-state index in [1.807, 2.05) is 0 Å².